The first-order valence-corrected chi connectivity index (χ1v) is 12.3. The molecular weight excluding hydrogens is 456 g/mol. The minimum Gasteiger partial charge on any atom is -0.480 e. The van der Waals surface area contributed by atoms with Gasteiger partial charge in [0.15, 0.2) is 0 Å². The lowest BCUT2D eigenvalue weighted by atomic mass is 10.0. The summed E-state index contributed by atoms with van der Waals surface area (Å²) in [4.78, 5) is 28.6. The number of hydrogen-bond acceptors (Lipinski definition) is 9. The zero-order valence-corrected chi connectivity index (χ0v) is 20.6. The van der Waals surface area contributed by atoms with Crippen LogP contribution in [0.15, 0.2) is 55.0 Å². The molecule has 1 saturated heterocycles. The van der Waals surface area contributed by atoms with Crippen LogP contribution in [0.25, 0.3) is 11.1 Å². The molecule has 1 unspecified atom stereocenters. The van der Waals surface area contributed by atoms with Gasteiger partial charge in [-0.15, -0.1) is 0 Å². The van der Waals surface area contributed by atoms with E-state index in [1.165, 1.54) is 5.56 Å². The van der Waals surface area contributed by atoms with Crippen molar-refractivity contribution < 1.29 is 9.90 Å². The quantitative estimate of drug-likeness (QED) is 0.297. The lowest BCUT2D eigenvalue weighted by molar-refractivity contribution is -0.138. The lowest BCUT2D eigenvalue weighted by Gasteiger charge is -2.37. The Morgan fingerprint density at radius 2 is 1.86 bits per heavy atom. The molecule has 4 rings (SSSR count). The topological polar surface area (TPSA) is 133 Å². The Bertz CT molecular complexity index is 1130. The number of rotatable bonds is 11. The maximum atomic E-state index is 11.0. The Morgan fingerprint density at radius 1 is 1.08 bits per heavy atom. The summed E-state index contributed by atoms with van der Waals surface area (Å²) >= 11 is 0. The van der Waals surface area contributed by atoms with Gasteiger partial charge in [0.2, 0.25) is 5.95 Å². The second-order valence-electron chi connectivity index (χ2n) is 8.93. The summed E-state index contributed by atoms with van der Waals surface area (Å²) in [6.07, 6.45) is 6.24. The number of nitrogens with one attached hydrogen (secondary N) is 2. The highest BCUT2D eigenvalue weighted by atomic mass is 16.4. The third kappa shape index (κ3) is 6.97. The molecule has 10 heteroatoms. The van der Waals surface area contributed by atoms with Crippen LogP contribution in [0.5, 0.6) is 0 Å². The normalized spacial score (nSPS) is 15.4. The molecule has 5 N–H and O–H groups in total. The highest BCUT2D eigenvalue weighted by Gasteiger charge is 2.23. The number of carbonyl (C=O) groups is 1. The second-order valence-corrected chi connectivity index (χ2v) is 8.93. The molecule has 2 aromatic heterocycles. The maximum Gasteiger partial charge on any atom is 0.317 e. The molecule has 1 atom stereocenters. The summed E-state index contributed by atoms with van der Waals surface area (Å²) in [6.45, 7) is 6.90. The number of carboxylic acids is 1. The van der Waals surface area contributed by atoms with Crippen molar-refractivity contribution in [2.24, 2.45) is 5.73 Å². The van der Waals surface area contributed by atoms with Crippen LogP contribution in [0.3, 0.4) is 0 Å². The van der Waals surface area contributed by atoms with Crippen LogP contribution in [-0.4, -0.2) is 81.6 Å². The first kappa shape index (κ1) is 25.5. The molecule has 3 heterocycles. The van der Waals surface area contributed by atoms with Crippen LogP contribution >= 0.6 is 0 Å². The molecule has 190 valence electrons. The van der Waals surface area contributed by atoms with Crippen molar-refractivity contribution in [1.29, 1.82) is 0 Å². The average molecular weight is 491 g/mol. The van der Waals surface area contributed by atoms with E-state index in [4.69, 9.17) is 10.8 Å². The van der Waals surface area contributed by atoms with Crippen LogP contribution in [-0.2, 0) is 4.79 Å². The summed E-state index contributed by atoms with van der Waals surface area (Å²) in [5.41, 5.74) is 9.58. The standard InChI is InChI=1S/C26H34N8O2/c1-19(34-12-10-33(11-13-34)18-25(35)36)20-4-2-5-23(14-20)32-24-15-21(6-9-28-24)22-16-30-26(31-17-22)29-8-3-7-27/h2,4-6,9,14-17,19H,3,7-8,10-13,18,27H2,1H3,(H,28,32)(H,35,36)(H,29,30,31). The van der Waals surface area contributed by atoms with Gasteiger partial charge in [0.25, 0.3) is 0 Å². The predicted molar refractivity (Wildman–Crippen MR) is 141 cm³/mol. The first-order chi connectivity index (χ1) is 17.5. The first-order valence-electron chi connectivity index (χ1n) is 12.3. The van der Waals surface area contributed by atoms with Crippen LogP contribution in [0, 0.1) is 0 Å². The Morgan fingerprint density at radius 3 is 2.58 bits per heavy atom. The Kier molecular flexibility index (Phi) is 8.77. The monoisotopic (exact) mass is 490 g/mol. The Hall–Kier alpha value is -3.60. The smallest absolute Gasteiger partial charge is 0.317 e. The van der Waals surface area contributed by atoms with E-state index >= 15 is 0 Å². The zero-order chi connectivity index (χ0) is 25.3. The van der Waals surface area contributed by atoms with Crippen molar-refractivity contribution in [2.75, 3.05) is 56.4 Å². The Balaban J connectivity index is 1.38. The largest absolute Gasteiger partial charge is 0.480 e. The molecule has 0 spiro atoms. The minimum absolute atomic E-state index is 0.107. The zero-order valence-electron chi connectivity index (χ0n) is 20.6. The number of nitrogens with zero attached hydrogens (tertiary/aromatic N) is 5. The van der Waals surface area contributed by atoms with E-state index in [0.29, 0.717) is 12.5 Å². The molecule has 0 saturated carbocycles. The third-order valence-electron chi connectivity index (χ3n) is 6.36. The minimum atomic E-state index is -0.771. The summed E-state index contributed by atoms with van der Waals surface area (Å²) in [7, 11) is 0. The molecule has 36 heavy (non-hydrogen) atoms. The highest BCUT2D eigenvalue weighted by Crippen LogP contribution is 2.27. The molecule has 3 aromatic rings. The van der Waals surface area contributed by atoms with Crippen molar-refractivity contribution in [1.82, 2.24) is 24.8 Å². The van der Waals surface area contributed by atoms with Gasteiger partial charge in [0, 0.05) is 68.6 Å². The predicted octanol–water partition coefficient (Wildman–Crippen LogP) is 2.81. The van der Waals surface area contributed by atoms with Crippen molar-refractivity contribution in [3.05, 3.63) is 60.6 Å². The summed E-state index contributed by atoms with van der Waals surface area (Å²) in [6, 6.07) is 12.5. The van der Waals surface area contributed by atoms with Crippen molar-refractivity contribution in [3.63, 3.8) is 0 Å². The second kappa shape index (κ2) is 12.4. The SMILES string of the molecule is CC(c1cccc(Nc2cc(-c3cnc(NCCCN)nc3)ccn2)c1)N1CCN(CC(=O)O)CC1. The van der Waals surface area contributed by atoms with Gasteiger partial charge in [-0.1, -0.05) is 12.1 Å². The maximum absolute atomic E-state index is 11.0. The van der Waals surface area contributed by atoms with Gasteiger partial charge in [-0.2, -0.15) is 0 Å². The number of anilines is 3. The average Bonchev–Trinajstić information content (AvgIpc) is 2.89. The highest BCUT2D eigenvalue weighted by molar-refractivity contribution is 5.69. The van der Waals surface area contributed by atoms with E-state index in [-0.39, 0.29) is 12.6 Å². The number of aliphatic carboxylic acids is 1. The summed E-state index contributed by atoms with van der Waals surface area (Å²) in [5, 5.41) is 15.6. The molecular formula is C26H34N8O2. The molecule has 0 aliphatic carbocycles. The van der Waals surface area contributed by atoms with Gasteiger partial charge in [0.1, 0.15) is 5.82 Å². The van der Waals surface area contributed by atoms with Crippen LogP contribution < -0.4 is 16.4 Å². The molecule has 1 aliphatic heterocycles. The van der Waals surface area contributed by atoms with Crippen LogP contribution in [0.2, 0.25) is 0 Å². The van der Waals surface area contributed by atoms with Crippen LogP contribution in [0.4, 0.5) is 17.5 Å². The number of pyridine rings is 1. The van der Waals surface area contributed by atoms with Gasteiger partial charge in [-0.25, -0.2) is 15.0 Å². The van der Waals surface area contributed by atoms with E-state index in [9.17, 15) is 4.79 Å². The van der Waals surface area contributed by atoms with Crippen LogP contribution in [0.1, 0.15) is 24.9 Å². The fourth-order valence-electron chi connectivity index (χ4n) is 4.28. The molecule has 0 radical (unpaired) electrons. The Labute approximate surface area is 211 Å². The van der Waals surface area contributed by atoms with E-state index in [2.05, 4.69) is 49.5 Å². The molecule has 0 bridgehead atoms. The number of piperazine rings is 1. The number of benzene rings is 1. The number of carboxylic acid groups (broad SMARTS) is 1. The number of nitrogens with two attached hydrogens (primary N) is 1. The third-order valence-corrected chi connectivity index (χ3v) is 6.36. The number of hydrogen-bond donors (Lipinski definition) is 4. The number of aromatic nitrogens is 3. The van der Waals surface area contributed by atoms with Crippen molar-refractivity contribution in [3.8, 4) is 11.1 Å². The molecule has 1 fully saturated rings. The fourth-order valence-corrected chi connectivity index (χ4v) is 4.28. The van der Waals surface area contributed by atoms with Gasteiger partial charge in [-0.05, 0) is 55.3 Å². The fraction of sp³-hybridized carbons (Fsp3) is 0.385. The van der Waals surface area contributed by atoms with E-state index in [0.717, 1.165) is 61.8 Å². The lowest BCUT2D eigenvalue weighted by Crippen LogP contribution is -2.48. The van der Waals surface area contributed by atoms with E-state index < -0.39 is 5.97 Å². The van der Waals surface area contributed by atoms with E-state index in [1.54, 1.807) is 18.6 Å². The molecule has 1 aromatic carbocycles. The van der Waals surface area contributed by atoms with Gasteiger partial charge in [0.05, 0.1) is 6.54 Å². The van der Waals surface area contributed by atoms with E-state index in [1.807, 2.05) is 29.2 Å². The summed E-state index contributed by atoms with van der Waals surface area (Å²) in [5.74, 6) is 0.561. The molecule has 0 amide bonds. The summed E-state index contributed by atoms with van der Waals surface area (Å²) < 4.78 is 0. The van der Waals surface area contributed by atoms with Gasteiger partial charge in [-0.3, -0.25) is 14.6 Å². The van der Waals surface area contributed by atoms with Gasteiger partial charge < -0.3 is 21.5 Å². The van der Waals surface area contributed by atoms with Gasteiger partial charge >= 0.3 is 5.97 Å². The van der Waals surface area contributed by atoms with Crippen molar-refractivity contribution in [2.45, 2.75) is 19.4 Å². The molecule has 1 aliphatic rings. The molecule has 10 nitrogen and oxygen atoms in total. The van der Waals surface area contributed by atoms with Crippen molar-refractivity contribution >= 4 is 23.4 Å².